The normalized spacial score (nSPS) is 20.7. The molecule has 3 rings (SSSR count). The van der Waals surface area contributed by atoms with Gasteiger partial charge in [0.25, 0.3) is 0 Å². The van der Waals surface area contributed by atoms with E-state index in [4.69, 9.17) is 14.2 Å². The number of allylic oxidation sites excluding steroid dienone is 2. The summed E-state index contributed by atoms with van der Waals surface area (Å²) >= 11 is 0. The van der Waals surface area contributed by atoms with Crippen molar-refractivity contribution >= 4 is 26.6 Å². The van der Waals surface area contributed by atoms with Crippen LogP contribution in [0.1, 0.15) is 90.7 Å². The van der Waals surface area contributed by atoms with Crippen LogP contribution in [0, 0.1) is 36.8 Å². The number of nitrogens with one attached hydrogen (secondary N) is 1. The maximum atomic E-state index is 14.2. The fourth-order valence-electron chi connectivity index (χ4n) is 4.86. The van der Waals surface area contributed by atoms with E-state index in [-0.39, 0.29) is 25.1 Å². The number of fused-ring (bicyclic) bond motifs is 1. The second-order valence-corrected chi connectivity index (χ2v) is 13.4. The van der Waals surface area contributed by atoms with Crippen molar-refractivity contribution in [3.8, 4) is 5.75 Å². The molecule has 1 aromatic rings. The predicted molar refractivity (Wildman–Crippen MR) is 164 cm³/mol. The summed E-state index contributed by atoms with van der Waals surface area (Å²) in [5, 5.41) is 2.89. The maximum absolute atomic E-state index is 14.2. The number of carbonyl (C=O) groups is 2. The largest absolute Gasteiger partial charge is 0.453 e. The zero-order chi connectivity index (χ0) is 31.7. The van der Waals surface area contributed by atoms with Crippen LogP contribution < -0.4 is 15.4 Å². The van der Waals surface area contributed by atoms with Gasteiger partial charge in [0.15, 0.2) is 11.6 Å². The van der Waals surface area contributed by atoms with Crippen molar-refractivity contribution in [3.05, 3.63) is 34.9 Å². The van der Waals surface area contributed by atoms with E-state index in [9.17, 15) is 18.4 Å². The molecule has 2 aliphatic carbocycles. The molecule has 0 radical (unpaired) electrons. The summed E-state index contributed by atoms with van der Waals surface area (Å²) in [6.45, 7) is 13.6. The van der Waals surface area contributed by atoms with Gasteiger partial charge in [-0.25, -0.2) is 9.18 Å². The quantitative estimate of drug-likeness (QED) is 0.127. The molecule has 3 atom stereocenters. The topological polar surface area (TPSA) is 83.1 Å². The minimum absolute atomic E-state index is 0.0419. The first kappa shape index (κ1) is 36.1. The SMILES string of the molecule is CC12CC/C=C\CCC1C2.COC(=O)NCC(C)(C)OCCC(C)(C)OCCC(=O)Oc1c(F)c(F)c(C)c(C)c1P. The Bertz CT molecular complexity index is 1090. The van der Waals surface area contributed by atoms with Crippen molar-refractivity contribution in [2.45, 2.75) is 105 Å². The van der Waals surface area contributed by atoms with Crippen molar-refractivity contribution in [1.29, 1.82) is 0 Å². The summed E-state index contributed by atoms with van der Waals surface area (Å²) < 4.78 is 49.3. The highest BCUT2D eigenvalue weighted by Gasteiger charge is 2.48. The van der Waals surface area contributed by atoms with Crippen LogP contribution in [0.3, 0.4) is 0 Å². The van der Waals surface area contributed by atoms with E-state index in [2.05, 4.69) is 38.4 Å². The zero-order valence-electron chi connectivity index (χ0n) is 26.6. The van der Waals surface area contributed by atoms with E-state index in [0.717, 1.165) is 11.3 Å². The summed E-state index contributed by atoms with van der Waals surface area (Å²) in [6, 6.07) is 0. The average Bonchev–Trinajstić information content (AvgIpc) is 3.55. The highest BCUT2D eigenvalue weighted by atomic mass is 31.0. The summed E-state index contributed by atoms with van der Waals surface area (Å²) in [4.78, 5) is 23.3. The number of carbonyl (C=O) groups excluding carboxylic acids is 2. The minimum Gasteiger partial charge on any atom is -0.453 e. The van der Waals surface area contributed by atoms with Gasteiger partial charge >= 0.3 is 12.1 Å². The maximum Gasteiger partial charge on any atom is 0.406 e. The van der Waals surface area contributed by atoms with Gasteiger partial charge in [0.2, 0.25) is 5.82 Å². The van der Waals surface area contributed by atoms with E-state index < -0.39 is 40.6 Å². The van der Waals surface area contributed by atoms with Crippen LogP contribution in [-0.4, -0.2) is 50.1 Å². The number of halogens is 2. The third-order valence-electron chi connectivity index (χ3n) is 8.26. The van der Waals surface area contributed by atoms with Crippen molar-refractivity contribution in [3.63, 3.8) is 0 Å². The number of methoxy groups -OCH3 is 1. The van der Waals surface area contributed by atoms with E-state index in [1.807, 2.05) is 27.7 Å². The number of amides is 1. The first-order chi connectivity index (χ1) is 19.5. The number of benzene rings is 1. The van der Waals surface area contributed by atoms with Crippen molar-refractivity contribution in [2.24, 2.45) is 11.3 Å². The van der Waals surface area contributed by atoms with Crippen molar-refractivity contribution in [2.75, 3.05) is 26.9 Å². The Morgan fingerprint density at radius 3 is 2.33 bits per heavy atom. The Morgan fingerprint density at radius 1 is 1.02 bits per heavy atom. The molecule has 0 heterocycles. The number of ether oxygens (including phenoxy) is 4. The molecular formula is C32H50F2NO6P. The summed E-state index contributed by atoms with van der Waals surface area (Å²) in [7, 11) is 3.57. The molecule has 1 saturated carbocycles. The summed E-state index contributed by atoms with van der Waals surface area (Å²) in [5.41, 5.74) is 0.235. The Morgan fingerprint density at radius 2 is 1.67 bits per heavy atom. The average molecular weight is 614 g/mol. The lowest BCUT2D eigenvalue weighted by Crippen LogP contribution is -2.41. The molecule has 0 aromatic heterocycles. The Hall–Kier alpha value is -2.09. The number of esters is 1. The fourth-order valence-corrected chi connectivity index (χ4v) is 5.26. The molecule has 3 unspecified atom stereocenters. The molecule has 7 nitrogen and oxygen atoms in total. The van der Waals surface area contributed by atoms with E-state index in [1.54, 1.807) is 6.92 Å². The van der Waals surface area contributed by atoms with Gasteiger partial charge in [-0.3, -0.25) is 4.79 Å². The standard InChI is InChI=1S/C22H34F2NO6P.C10H16/c1-13-14(2)19(32)18(17(24)16(13)23)31-15(26)8-10-29-21(3,4)9-11-30-22(5,6)12-25-20(27)28-7;1-10-7-5-3-2-4-6-9(10)8-10/h8-12,32H2,1-7H3,(H,25,27);2-3,9H,4-8H2,1H3/b;3-2-. The number of hydrogen-bond donors (Lipinski definition) is 1. The Balaban J connectivity index is 0.000000508. The van der Waals surface area contributed by atoms with E-state index in [0.29, 0.717) is 23.9 Å². The smallest absolute Gasteiger partial charge is 0.406 e. The number of alkyl carbamates (subject to hydrolysis) is 1. The first-order valence-corrected chi connectivity index (χ1v) is 15.3. The van der Waals surface area contributed by atoms with Gasteiger partial charge in [-0.15, -0.1) is 9.24 Å². The first-order valence-electron chi connectivity index (χ1n) is 14.7. The van der Waals surface area contributed by atoms with Crippen LogP contribution in [0.4, 0.5) is 13.6 Å². The molecule has 1 aromatic carbocycles. The van der Waals surface area contributed by atoms with Crippen LogP contribution in [0.2, 0.25) is 0 Å². The van der Waals surface area contributed by atoms with Crippen LogP contribution >= 0.6 is 9.24 Å². The van der Waals surface area contributed by atoms with Gasteiger partial charge in [-0.05, 0) is 103 Å². The molecule has 0 aliphatic heterocycles. The van der Waals surface area contributed by atoms with E-state index in [1.165, 1.54) is 46.1 Å². The molecule has 42 heavy (non-hydrogen) atoms. The second kappa shape index (κ2) is 15.6. The predicted octanol–water partition coefficient (Wildman–Crippen LogP) is 6.86. The third-order valence-corrected chi connectivity index (χ3v) is 8.95. The van der Waals surface area contributed by atoms with Crippen LogP contribution in [0.5, 0.6) is 5.75 Å². The van der Waals surface area contributed by atoms with Crippen molar-refractivity contribution < 1.29 is 37.3 Å². The molecular weight excluding hydrogens is 563 g/mol. The molecule has 0 saturated heterocycles. The van der Waals surface area contributed by atoms with Gasteiger partial charge in [0, 0.05) is 11.8 Å². The lowest BCUT2D eigenvalue weighted by Gasteiger charge is -2.29. The minimum atomic E-state index is -1.19. The van der Waals surface area contributed by atoms with E-state index >= 15 is 0 Å². The third kappa shape index (κ3) is 11.2. The molecule has 238 valence electrons. The van der Waals surface area contributed by atoms with Crippen LogP contribution in [0.25, 0.3) is 0 Å². The van der Waals surface area contributed by atoms with Gasteiger partial charge in [0.05, 0.1) is 37.9 Å². The number of hydrogen-bond acceptors (Lipinski definition) is 6. The molecule has 1 amide bonds. The second-order valence-electron chi connectivity index (χ2n) is 12.8. The van der Waals surface area contributed by atoms with Crippen LogP contribution in [0.15, 0.2) is 12.2 Å². The van der Waals surface area contributed by atoms with Gasteiger partial charge in [0.1, 0.15) is 0 Å². The van der Waals surface area contributed by atoms with Gasteiger partial charge < -0.3 is 24.3 Å². The highest BCUT2D eigenvalue weighted by molar-refractivity contribution is 7.28. The summed E-state index contributed by atoms with van der Waals surface area (Å²) in [6.07, 6.45) is 11.6. The molecule has 0 bridgehead atoms. The van der Waals surface area contributed by atoms with Crippen LogP contribution in [-0.2, 0) is 19.0 Å². The van der Waals surface area contributed by atoms with Gasteiger partial charge in [-0.2, -0.15) is 4.39 Å². The van der Waals surface area contributed by atoms with Crippen molar-refractivity contribution in [1.82, 2.24) is 5.32 Å². The lowest BCUT2D eigenvalue weighted by molar-refractivity contribution is -0.137. The van der Waals surface area contributed by atoms with Gasteiger partial charge in [-0.1, -0.05) is 19.1 Å². The lowest BCUT2D eigenvalue weighted by atomic mass is 9.95. The monoisotopic (exact) mass is 613 g/mol. The summed E-state index contributed by atoms with van der Waals surface area (Å²) in [5.74, 6) is -2.28. The Labute approximate surface area is 252 Å². The molecule has 1 N–H and O–H groups in total. The fraction of sp³-hybridized carbons (Fsp3) is 0.688. The highest BCUT2D eigenvalue weighted by Crippen LogP contribution is 2.58. The molecule has 1 fully saturated rings. The zero-order valence-corrected chi connectivity index (χ0v) is 27.7. The number of rotatable bonds is 11. The molecule has 0 spiro atoms. The Kier molecular flexibility index (Phi) is 13.4. The molecule has 2 aliphatic rings. The molecule has 10 heteroatoms.